The Morgan fingerprint density at radius 3 is 2.79 bits per heavy atom. The van der Waals surface area contributed by atoms with Gasteiger partial charge in [-0.3, -0.25) is 9.10 Å². The van der Waals surface area contributed by atoms with Crippen molar-refractivity contribution in [1.29, 1.82) is 0 Å². The fraction of sp³-hybridized carbons (Fsp3) is 0.562. The zero-order valence-electron chi connectivity index (χ0n) is 14.0. The summed E-state index contributed by atoms with van der Waals surface area (Å²) in [6.45, 7) is 3.02. The lowest BCUT2D eigenvalue weighted by Crippen LogP contribution is -2.42. The maximum absolute atomic E-state index is 12.2. The van der Waals surface area contributed by atoms with Crippen molar-refractivity contribution in [3.8, 4) is 5.75 Å². The summed E-state index contributed by atoms with van der Waals surface area (Å²) in [5.74, 6) is 0.0552. The molecular formula is C16H24N2O5S. The summed E-state index contributed by atoms with van der Waals surface area (Å²) in [7, 11) is -3.63. The Morgan fingerprint density at radius 2 is 2.17 bits per heavy atom. The molecule has 1 aliphatic heterocycles. The lowest BCUT2D eigenvalue weighted by Gasteiger charge is -2.24. The van der Waals surface area contributed by atoms with Gasteiger partial charge in [0, 0.05) is 13.2 Å². The zero-order valence-corrected chi connectivity index (χ0v) is 14.8. The number of amides is 1. The standard InChI is InChI=1S/C16H24N2O5S/c1-3-22-15-9-5-4-8-14(15)18(24(2,20)21)12-16(19)17-11-13-7-6-10-23-13/h4-5,8-9,13H,3,6-7,10-12H2,1-2H3,(H,17,19)/t13-/m1/s1. The molecule has 8 heteroatoms. The second-order valence-corrected chi connectivity index (χ2v) is 7.52. The van der Waals surface area contributed by atoms with Crippen molar-refractivity contribution in [2.75, 3.05) is 36.9 Å². The van der Waals surface area contributed by atoms with E-state index in [4.69, 9.17) is 9.47 Å². The fourth-order valence-electron chi connectivity index (χ4n) is 2.54. The van der Waals surface area contributed by atoms with E-state index in [1.165, 1.54) is 0 Å². The van der Waals surface area contributed by atoms with Gasteiger partial charge in [0.15, 0.2) is 0 Å². The molecule has 134 valence electrons. The van der Waals surface area contributed by atoms with Crippen LogP contribution in [-0.2, 0) is 19.6 Å². The predicted octanol–water partition coefficient (Wildman–Crippen LogP) is 1.15. The Hall–Kier alpha value is -1.80. The average molecular weight is 356 g/mol. The molecule has 1 heterocycles. The number of carbonyl (C=O) groups excluding carboxylic acids is 1. The quantitative estimate of drug-likeness (QED) is 0.755. The van der Waals surface area contributed by atoms with Crippen LogP contribution in [0.4, 0.5) is 5.69 Å². The SMILES string of the molecule is CCOc1ccccc1N(CC(=O)NC[C@H]1CCCO1)S(C)(=O)=O. The topological polar surface area (TPSA) is 84.9 Å². The van der Waals surface area contributed by atoms with E-state index < -0.39 is 10.0 Å². The molecule has 1 fully saturated rings. The van der Waals surface area contributed by atoms with Crippen molar-refractivity contribution in [2.45, 2.75) is 25.9 Å². The van der Waals surface area contributed by atoms with Gasteiger partial charge < -0.3 is 14.8 Å². The van der Waals surface area contributed by atoms with Gasteiger partial charge in [-0.1, -0.05) is 12.1 Å². The van der Waals surface area contributed by atoms with Crippen LogP contribution in [0.2, 0.25) is 0 Å². The molecule has 0 aromatic heterocycles. The van der Waals surface area contributed by atoms with Crippen LogP contribution >= 0.6 is 0 Å². The highest BCUT2D eigenvalue weighted by atomic mass is 32.2. The first-order valence-corrected chi connectivity index (χ1v) is 9.84. The molecule has 1 aliphatic rings. The number of benzene rings is 1. The summed E-state index contributed by atoms with van der Waals surface area (Å²) in [4.78, 5) is 12.2. The maximum atomic E-state index is 12.2. The summed E-state index contributed by atoms with van der Waals surface area (Å²) in [6, 6.07) is 6.77. The van der Waals surface area contributed by atoms with Crippen LogP contribution in [0, 0.1) is 0 Å². The number of para-hydroxylation sites is 2. The third kappa shape index (κ3) is 5.10. The van der Waals surface area contributed by atoms with Gasteiger partial charge in [-0.2, -0.15) is 0 Å². The molecule has 24 heavy (non-hydrogen) atoms. The van der Waals surface area contributed by atoms with Crippen molar-refractivity contribution in [3.05, 3.63) is 24.3 Å². The van der Waals surface area contributed by atoms with Crippen LogP contribution in [-0.4, -0.2) is 53.0 Å². The van der Waals surface area contributed by atoms with Crippen molar-refractivity contribution in [3.63, 3.8) is 0 Å². The molecule has 0 radical (unpaired) electrons. The number of anilines is 1. The van der Waals surface area contributed by atoms with E-state index in [0.717, 1.165) is 23.4 Å². The van der Waals surface area contributed by atoms with E-state index in [1.807, 2.05) is 6.92 Å². The first-order valence-electron chi connectivity index (χ1n) is 7.99. The number of hydrogen-bond donors (Lipinski definition) is 1. The second kappa shape index (κ2) is 8.34. The van der Waals surface area contributed by atoms with E-state index in [-0.39, 0.29) is 18.6 Å². The normalized spacial score (nSPS) is 17.5. The highest BCUT2D eigenvalue weighted by Gasteiger charge is 2.24. The summed E-state index contributed by atoms with van der Waals surface area (Å²) in [5, 5.41) is 2.74. The molecular weight excluding hydrogens is 332 g/mol. The van der Waals surface area contributed by atoms with Crippen molar-refractivity contribution in [1.82, 2.24) is 5.32 Å². The van der Waals surface area contributed by atoms with Crippen molar-refractivity contribution in [2.24, 2.45) is 0 Å². The van der Waals surface area contributed by atoms with Crippen LogP contribution in [0.5, 0.6) is 5.75 Å². The number of nitrogens with zero attached hydrogens (tertiary/aromatic N) is 1. The van der Waals surface area contributed by atoms with E-state index in [2.05, 4.69) is 5.32 Å². The van der Waals surface area contributed by atoms with Gasteiger partial charge in [0.25, 0.3) is 0 Å². The lowest BCUT2D eigenvalue weighted by atomic mass is 10.2. The van der Waals surface area contributed by atoms with Gasteiger partial charge in [0.2, 0.25) is 15.9 Å². The minimum absolute atomic E-state index is 0.0105. The minimum Gasteiger partial charge on any atom is -0.492 e. The van der Waals surface area contributed by atoms with Crippen LogP contribution in [0.25, 0.3) is 0 Å². The molecule has 1 saturated heterocycles. The Balaban J connectivity index is 2.10. The maximum Gasteiger partial charge on any atom is 0.240 e. The molecule has 1 aromatic carbocycles. The predicted molar refractivity (Wildman–Crippen MR) is 91.8 cm³/mol. The van der Waals surface area contributed by atoms with Gasteiger partial charge in [-0.25, -0.2) is 8.42 Å². The third-order valence-corrected chi connectivity index (χ3v) is 4.80. The zero-order chi connectivity index (χ0) is 17.6. The molecule has 1 atom stereocenters. The Bertz CT molecular complexity index is 656. The minimum atomic E-state index is -3.63. The van der Waals surface area contributed by atoms with Gasteiger partial charge >= 0.3 is 0 Å². The molecule has 0 bridgehead atoms. The van der Waals surface area contributed by atoms with Crippen molar-refractivity contribution < 1.29 is 22.7 Å². The van der Waals surface area contributed by atoms with Gasteiger partial charge in [0.05, 0.1) is 24.7 Å². The van der Waals surface area contributed by atoms with Crippen LogP contribution in [0.15, 0.2) is 24.3 Å². The highest BCUT2D eigenvalue weighted by Crippen LogP contribution is 2.29. The van der Waals surface area contributed by atoms with E-state index in [9.17, 15) is 13.2 Å². The molecule has 0 aliphatic carbocycles. The second-order valence-electron chi connectivity index (χ2n) is 5.61. The third-order valence-electron chi connectivity index (χ3n) is 3.67. The number of rotatable bonds is 8. The van der Waals surface area contributed by atoms with Gasteiger partial charge in [0.1, 0.15) is 12.3 Å². The van der Waals surface area contributed by atoms with E-state index >= 15 is 0 Å². The summed E-state index contributed by atoms with van der Waals surface area (Å²) in [5.41, 5.74) is 0.356. The summed E-state index contributed by atoms with van der Waals surface area (Å²) < 4.78 is 36.3. The monoisotopic (exact) mass is 356 g/mol. The van der Waals surface area contributed by atoms with E-state index in [1.54, 1.807) is 24.3 Å². The lowest BCUT2D eigenvalue weighted by molar-refractivity contribution is -0.120. The van der Waals surface area contributed by atoms with Gasteiger partial charge in [-0.05, 0) is 31.9 Å². The van der Waals surface area contributed by atoms with Crippen LogP contribution < -0.4 is 14.4 Å². The molecule has 7 nitrogen and oxygen atoms in total. The molecule has 1 aromatic rings. The highest BCUT2D eigenvalue weighted by molar-refractivity contribution is 7.92. The largest absolute Gasteiger partial charge is 0.492 e. The molecule has 2 rings (SSSR count). The number of nitrogens with one attached hydrogen (secondary N) is 1. The van der Waals surface area contributed by atoms with E-state index in [0.29, 0.717) is 31.2 Å². The summed E-state index contributed by atoms with van der Waals surface area (Å²) >= 11 is 0. The molecule has 0 saturated carbocycles. The van der Waals surface area contributed by atoms with Crippen LogP contribution in [0.3, 0.4) is 0 Å². The molecule has 1 amide bonds. The first kappa shape index (κ1) is 18.5. The van der Waals surface area contributed by atoms with Gasteiger partial charge in [-0.15, -0.1) is 0 Å². The Kier molecular flexibility index (Phi) is 6.44. The van der Waals surface area contributed by atoms with Crippen LogP contribution in [0.1, 0.15) is 19.8 Å². The molecule has 0 unspecified atom stereocenters. The number of sulfonamides is 1. The number of hydrogen-bond acceptors (Lipinski definition) is 5. The fourth-order valence-corrected chi connectivity index (χ4v) is 3.40. The molecule has 0 spiro atoms. The van der Waals surface area contributed by atoms with Crippen molar-refractivity contribution >= 4 is 21.6 Å². The summed E-state index contributed by atoms with van der Waals surface area (Å²) in [6.07, 6.45) is 2.97. The molecule has 1 N–H and O–H groups in total. The number of ether oxygens (including phenoxy) is 2. The average Bonchev–Trinajstić information content (AvgIpc) is 3.04. The Labute approximate surface area is 143 Å². The Morgan fingerprint density at radius 1 is 1.42 bits per heavy atom. The smallest absolute Gasteiger partial charge is 0.240 e. The first-order chi connectivity index (χ1) is 11.4. The number of carbonyl (C=O) groups is 1.